The Kier molecular flexibility index (Phi) is 15.6. The van der Waals surface area contributed by atoms with Crippen LogP contribution in [0.3, 0.4) is 0 Å². The number of ether oxygens (including phenoxy) is 2. The van der Waals surface area contributed by atoms with Crippen molar-refractivity contribution in [2.45, 2.75) is 64.7 Å². The van der Waals surface area contributed by atoms with Crippen LogP contribution < -0.4 is 0 Å². The fourth-order valence-electron chi connectivity index (χ4n) is 1.85. The van der Waals surface area contributed by atoms with E-state index in [0.717, 1.165) is 31.6 Å². The number of esters is 2. The number of alkyl halides is 1. The predicted octanol–water partition coefficient (Wildman–Crippen LogP) is 4.40. The van der Waals surface area contributed by atoms with Gasteiger partial charge in [0.2, 0.25) is 0 Å². The Hall–Kier alpha value is -1.03. The molecule has 0 fully saturated rings. The first-order valence-electron chi connectivity index (χ1n) is 8.19. The van der Waals surface area contributed by atoms with E-state index in [2.05, 4.69) is 0 Å². The maximum atomic E-state index is 11.5. The second-order valence-electron chi connectivity index (χ2n) is 5.14. The van der Waals surface area contributed by atoms with Crippen LogP contribution >= 0.6 is 11.6 Å². The zero-order chi connectivity index (χ0) is 16.5. The minimum Gasteiger partial charge on any atom is -0.466 e. The lowest BCUT2D eigenvalue weighted by atomic mass is 10.1. The largest absolute Gasteiger partial charge is 0.466 e. The molecule has 0 heterocycles. The van der Waals surface area contributed by atoms with Gasteiger partial charge in [-0.25, -0.2) is 0 Å². The van der Waals surface area contributed by atoms with Gasteiger partial charge in [-0.1, -0.05) is 37.8 Å². The topological polar surface area (TPSA) is 52.6 Å². The molecule has 0 aromatic heterocycles. The highest BCUT2D eigenvalue weighted by Gasteiger charge is 2.06. The summed E-state index contributed by atoms with van der Waals surface area (Å²) in [5, 5.41) is 0. The van der Waals surface area contributed by atoms with Crippen molar-refractivity contribution in [3.8, 4) is 0 Å². The summed E-state index contributed by atoms with van der Waals surface area (Å²) in [6.07, 6.45) is 11.2. The van der Waals surface area contributed by atoms with Crippen LogP contribution in [0.2, 0.25) is 0 Å². The van der Waals surface area contributed by atoms with Crippen LogP contribution in [0, 0.1) is 0 Å². The first-order chi connectivity index (χ1) is 10.7. The lowest BCUT2D eigenvalue weighted by Gasteiger charge is -2.05. The molecule has 0 bridgehead atoms. The van der Waals surface area contributed by atoms with Crippen molar-refractivity contribution in [3.63, 3.8) is 0 Å². The quantitative estimate of drug-likeness (QED) is 0.205. The van der Waals surface area contributed by atoms with Gasteiger partial charge in [0.15, 0.2) is 0 Å². The molecule has 22 heavy (non-hydrogen) atoms. The number of carbonyl (C=O) groups is 2. The molecule has 0 radical (unpaired) electrons. The predicted molar refractivity (Wildman–Crippen MR) is 89.0 cm³/mol. The van der Waals surface area contributed by atoms with Crippen LogP contribution in [0.5, 0.6) is 0 Å². The lowest BCUT2D eigenvalue weighted by Crippen LogP contribution is -2.08. The summed E-state index contributed by atoms with van der Waals surface area (Å²) in [7, 11) is 0. The number of halogens is 1. The summed E-state index contributed by atoms with van der Waals surface area (Å²) in [5.74, 6) is 0.228. The summed E-state index contributed by atoms with van der Waals surface area (Å²) in [6.45, 7) is 2.63. The maximum Gasteiger partial charge on any atom is 0.306 e. The molecule has 0 saturated carbocycles. The van der Waals surface area contributed by atoms with E-state index < -0.39 is 0 Å². The molecule has 0 atom stereocenters. The molecule has 128 valence electrons. The van der Waals surface area contributed by atoms with E-state index >= 15 is 0 Å². The fourth-order valence-corrected chi connectivity index (χ4v) is 2.04. The molecule has 0 N–H and O–H groups in total. The maximum absolute atomic E-state index is 11.5. The molecule has 0 saturated heterocycles. The Labute approximate surface area is 139 Å². The molecular weight excluding hydrogens is 304 g/mol. The van der Waals surface area contributed by atoms with Gasteiger partial charge in [0.05, 0.1) is 6.61 Å². The second-order valence-corrected chi connectivity index (χ2v) is 5.51. The molecule has 0 aliphatic carbocycles. The van der Waals surface area contributed by atoms with Gasteiger partial charge in [0.1, 0.15) is 6.61 Å². The lowest BCUT2D eigenvalue weighted by molar-refractivity contribution is -0.145. The van der Waals surface area contributed by atoms with Gasteiger partial charge < -0.3 is 9.47 Å². The highest BCUT2D eigenvalue weighted by atomic mass is 35.5. The van der Waals surface area contributed by atoms with Gasteiger partial charge >= 0.3 is 11.9 Å². The van der Waals surface area contributed by atoms with Gasteiger partial charge in [-0.2, -0.15) is 0 Å². The number of allylic oxidation sites excluding steroid dienone is 1. The van der Waals surface area contributed by atoms with E-state index in [1.165, 1.54) is 12.8 Å². The SMILES string of the molecule is C/C=C/COC(=O)CCCC(=O)OCCCCCCCCCl. The van der Waals surface area contributed by atoms with Crippen LogP contribution in [0.15, 0.2) is 12.2 Å². The van der Waals surface area contributed by atoms with Crippen LogP contribution in [0.4, 0.5) is 0 Å². The molecule has 0 aromatic rings. The van der Waals surface area contributed by atoms with Gasteiger partial charge in [-0.15, -0.1) is 11.6 Å². The van der Waals surface area contributed by atoms with Gasteiger partial charge in [-0.05, 0) is 26.2 Å². The van der Waals surface area contributed by atoms with Crippen LogP contribution in [0.25, 0.3) is 0 Å². The minimum atomic E-state index is -0.275. The molecule has 5 heteroatoms. The average molecular weight is 333 g/mol. The fraction of sp³-hybridized carbons (Fsp3) is 0.765. The number of rotatable bonds is 14. The van der Waals surface area contributed by atoms with Crippen molar-refractivity contribution in [2.24, 2.45) is 0 Å². The van der Waals surface area contributed by atoms with Crippen molar-refractivity contribution < 1.29 is 19.1 Å². The van der Waals surface area contributed by atoms with Gasteiger partial charge in [-0.3, -0.25) is 9.59 Å². The zero-order valence-electron chi connectivity index (χ0n) is 13.7. The van der Waals surface area contributed by atoms with E-state index in [1.54, 1.807) is 6.08 Å². The highest BCUT2D eigenvalue weighted by molar-refractivity contribution is 6.17. The molecule has 0 amide bonds. The van der Waals surface area contributed by atoms with Crippen molar-refractivity contribution in [1.82, 2.24) is 0 Å². The molecule has 0 rings (SSSR count). The standard InChI is InChI=1S/C17H29ClO4/c1-2-3-14-21-16(19)11-10-12-17(20)22-15-9-7-5-4-6-8-13-18/h2-3H,4-15H2,1H3/b3-2+. The minimum absolute atomic E-state index is 0.233. The van der Waals surface area contributed by atoms with E-state index in [9.17, 15) is 9.59 Å². The third-order valence-corrected chi connectivity index (χ3v) is 3.40. The average Bonchev–Trinajstić information content (AvgIpc) is 2.50. The van der Waals surface area contributed by atoms with Crippen LogP contribution in [-0.4, -0.2) is 31.0 Å². The Morgan fingerprint density at radius 2 is 1.45 bits per heavy atom. The Morgan fingerprint density at radius 1 is 0.864 bits per heavy atom. The smallest absolute Gasteiger partial charge is 0.306 e. The van der Waals surface area contributed by atoms with Crippen molar-refractivity contribution in [3.05, 3.63) is 12.2 Å². The molecule has 4 nitrogen and oxygen atoms in total. The number of unbranched alkanes of at least 4 members (excludes halogenated alkanes) is 5. The number of carbonyl (C=O) groups excluding carboxylic acids is 2. The number of hydrogen-bond acceptors (Lipinski definition) is 4. The summed E-state index contributed by atoms with van der Waals surface area (Å²) in [5.41, 5.74) is 0. The van der Waals surface area contributed by atoms with E-state index in [-0.39, 0.29) is 24.8 Å². The Bertz CT molecular complexity index is 316. The molecular formula is C17H29ClO4. The number of hydrogen-bond donors (Lipinski definition) is 0. The molecule has 0 spiro atoms. The van der Waals surface area contributed by atoms with Gasteiger partial charge in [0.25, 0.3) is 0 Å². The van der Waals surface area contributed by atoms with Crippen LogP contribution in [-0.2, 0) is 19.1 Å². The molecule has 0 aliphatic rings. The van der Waals surface area contributed by atoms with Crippen molar-refractivity contribution in [1.29, 1.82) is 0 Å². The normalized spacial score (nSPS) is 10.8. The Morgan fingerprint density at radius 3 is 2.09 bits per heavy atom. The Balaban J connectivity index is 3.34. The third-order valence-electron chi connectivity index (χ3n) is 3.13. The summed E-state index contributed by atoms with van der Waals surface area (Å²) < 4.78 is 10.1. The van der Waals surface area contributed by atoms with Crippen molar-refractivity contribution in [2.75, 3.05) is 19.1 Å². The summed E-state index contributed by atoms with van der Waals surface area (Å²) in [6, 6.07) is 0. The molecule has 0 aromatic carbocycles. The first kappa shape index (κ1) is 21.0. The van der Waals surface area contributed by atoms with Crippen molar-refractivity contribution >= 4 is 23.5 Å². The highest BCUT2D eigenvalue weighted by Crippen LogP contribution is 2.07. The van der Waals surface area contributed by atoms with E-state index in [0.29, 0.717) is 19.6 Å². The van der Waals surface area contributed by atoms with Gasteiger partial charge in [0, 0.05) is 18.7 Å². The first-order valence-corrected chi connectivity index (χ1v) is 8.72. The zero-order valence-corrected chi connectivity index (χ0v) is 14.4. The van der Waals surface area contributed by atoms with Crippen LogP contribution in [0.1, 0.15) is 64.7 Å². The summed E-state index contributed by atoms with van der Waals surface area (Å²) >= 11 is 5.60. The third kappa shape index (κ3) is 15.4. The van der Waals surface area contributed by atoms with E-state index in [4.69, 9.17) is 21.1 Å². The van der Waals surface area contributed by atoms with E-state index in [1.807, 2.05) is 13.0 Å². The summed E-state index contributed by atoms with van der Waals surface area (Å²) in [4.78, 5) is 22.7. The molecule has 0 unspecified atom stereocenters. The second kappa shape index (κ2) is 16.3. The monoisotopic (exact) mass is 332 g/mol. The molecule has 0 aliphatic heterocycles.